The number of methoxy groups -OCH3 is 1. The van der Waals surface area contributed by atoms with Gasteiger partial charge in [-0.2, -0.15) is 5.26 Å². The molecule has 1 amide bonds. The topological polar surface area (TPSA) is 93.9 Å². The number of thiophene rings is 2. The number of nitriles is 1. The Kier molecular flexibility index (Phi) is 9.63. The van der Waals surface area contributed by atoms with Gasteiger partial charge in [-0.1, -0.05) is 24.0 Å². The van der Waals surface area contributed by atoms with Gasteiger partial charge in [-0.05, 0) is 71.3 Å². The van der Waals surface area contributed by atoms with Crippen molar-refractivity contribution in [2.45, 2.75) is 25.4 Å². The Labute approximate surface area is 233 Å². The number of hydrazine groups is 1. The van der Waals surface area contributed by atoms with E-state index in [1.807, 2.05) is 53.0 Å². The van der Waals surface area contributed by atoms with Gasteiger partial charge in [0, 0.05) is 36.2 Å². The first-order valence-corrected chi connectivity index (χ1v) is 14.4. The van der Waals surface area contributed by atoms with Crippen LogP contribution in [-0.4, -0.2) is 52.6 Å². The molecular weight excluding hydrogens is 539 g/mol. The van der Waals surface area contributed by atoms with Gasteiger partial charge in [0.25, 0.3) is 0 Å². The molecule has 1 aliphatic rings. The summed E-state index contributed by atoms with van der Waals surface area (Å²) < 4.78 is 4.76. The quantitative estimate of drug-likeness (QED) is 0.280. The lowest BCUT2D eigenvalue weighted by atomic mass is 10.0. The van der Waals surface area contributed by atoms with Crippen molar-refractivity contribution >= 4 is 45.6 Å². The molecule has 4 rings (SSSR count). The molecule has 0 bridgehead atoms. The van der Waals surface area contributed by atoms with E-state index in [4.69, 9.17) is 10.00 Å². The summed E-state index contributed by atoms with van der Waals surface area (Å²) in [5, 5.41) is 26.9. The number of aliphatic hydroxyl groups excluding tert-OH is 1. The lowest BCUT2D eigenvalue weighted by Gasteiger charge is -2.36. The molecule has 1 aliphatic heterocycles. The third-order valence-corrected chi connectivity index (χ3v) is 8.35. The van der Waals surface area contributed by atoms with Gasteiger partial charge in [-0.25, -0.2) is 9.80 Å². The Bertz CT molecular complexity index is 1430. The van der Waals surface area contributed by atoms with Crippen molar-refractivity contribution in [2.24, 2.45) is 0 Å². The van der Waals surface area contributed by atoms with Crippen LogP contribution < -0.4 is 0 Å². The van der Waals surface area contributed by atoms with Gasteiger partial charge in [0.05, 0.1) is 18.8 Å². The van der Waals surface area contributed by atoms with Crippen LogP contribution in [0.3, 0.4) is 0 Å². The van der Waals surface area contributed by atoms with Crippen LogP contribution in [0.5, 0.6) is 0 Å². The maximum absolute atomic E-state index is 12.6. The molecule has 0 fully saturated rings. The van der Waals surface area contributed by atoms with Crippen LogP contribution in [0.4, 0.5) is 4.79 Å². The SMILES string of the molecule is COC(=O)c1ccc(CCN2C(=O)SC=CN2CC[C@@H](O)Cc2cccc(C#Cc3ccsc3C#N)c2)s1. The number of carbonyl (C=O) groups excluding carboxylic acids is 2. The monoisotopic (exact) mass is 563 g/mol. The molecule has 3 aromatic rings. The summed E-state index contributed by atoms with van der Waals surface area (Å²) in [6, 6.07) is 15.3. The van der Waals surface area contributed by atoms with Gasteiger partial charge in [0.2, 0.25) is 0 Å². The highest BCUT2D eigenvalue weighted by Crippen LogP contribution is 2.23. The Balaban J connectivity index is 1.32. The van der Waals surface area contributed by atoms with Crippen molar-refractivity contribution in [3.05, 3.63) is 90.8 Å². The van der Waals surface area contributed by atoms with Crippen molar-refractivity contribution in [3.8, 4) is 17.9 Å². The van der Waals surface area contributed by atoms with E-state index in [1.54, 1.807) is 16.5 Å². The van der Waals surface area contributed by atoms with Gasteiger partial charge in [-0.15, -0.1) is 22.7 Å². The zero-order valence-electron chi connectivity index (χ0n) is 20.6. The predicted octanol–water partition coefficient (Wildman–Crippen LogP) is 5.26. The van der Waals surface area contributed by atoms with Gasteiger partial charge in [-0.3, -0.25) is 9.80 Å². The minimum Gasteiger partial charge on any atom is -0.465 e. The van der Waals surface area contributed by atoms with E-state index in [-0.39, 0.29) is 11.2 Å². The molecule has 38 heavy (non-hydrogen) atoms. The predicted molar refractivity (Wildman–Crippen MR) is 151 cm³/mol. The zero-order chi connectivity index (χ0) is 26.9. The molecule has 0 spiro atoms. The van der Waals surface area contributed by atoms with Crippen molar-refractivity contribution in [2.75, 3.05) is 20.2 Å². The number of thioether (sulfide) groups is 1. The van der Waals surface area contributed by atoms with Crippen LogP contribution in [-0.2, 0) is 17.6 Å². The van der Waals surface area contributed by atoms with Crippen LogP contribution in [0.15, 0.2) is 59.5 Å². The highest BCUT2D eigenvalue weighted by molar-refractivity contribution is 8.16. The molecule has 0 radical (unpaired) electrons. The van der Waals surface area contributed by atoms with E-state index < -0.39 is 6.10 Å². The van der Waals surface area contributed by atoms with E-state index in [0.29, 0.717) is 42.1 Å². The minimum atomic E-state index is -0.597. The van der Waals surface area contributed by atoms with Gasteiger partial charge in [0.1, 0.15) is 15.8 Å². The average molecular weight is 564 g/mol. The molecule has 1 aromatic carbocycles. The second kappa shape index (κ2) is 13.3. The molecule has 0 unspecified atom stereocenters. The molecule has 0 saturated carbocycles. The van der Waals surface area contributed by atoms with Gasteiger partial charge >= 0.3 is 11.2 Å². The molecule has 1 N–H and O–H groups in total. The summed E-state index contributed by atoms with van der Waals surface area (Å²) >= 11 is 3.86. The molecule has 2 aromatic heterocycles. The van der Waals surface area contributed by atoms with Crippen LogP contribution in [0.25, 0.3) is 0 Å². The summed E-state index contributed by atoms with van der Waals surface area (Å²) in [6.45, 7) is 0.947. The van der Waals surface area contributed by atoms with Crippen molar-refractivity contribution < 1.29 is 19.4 Å². The van der Waals surface area contributed by atoms with Crippen LogP contribution in [0, 0.1) is 23.2 Å². The van der Waals surface area contributed by atoms with E-state index in [9.17, 15) is 14.7 Å². The first-order valence-electron chi connectivity index (χ1n) is 11.8. The first kappa shape index (κ1) is 27.5. The first-order chi connectivity index (χ1) is 18.5. The van der Waals surface area contributed by atoms with Gasteiger partial charge in [0.15, 0.2) is 0 Å². The summed E-state index contributed by atoms with van der Waals surface area (Å²) in [4.78, 5) is 26.4. The minimum absolute atomic E-state index is 0.0804. The Hall–Kier alpha value is -3.54. The number of nitrogens with zero attached hydrogens (tertiary/aromatic N) is 3. The number of esters is 1. The molecule has 7 nitrogen and oxygen atoms in total. The van der Waals surface area contributed by atoms with E-state index in [0.717, 1.165) is 33.3 Å². The van der Waals surface area contributed by atoms with Crippen molar-refractivity contribution in [1.29, 1.82) is 5.26 Å². The van der Waals surface area contributed by atoms with Gasteiger partial charge < -0.3 is 9.84 Å². The maximum atomic E-state index is 12.6. The number of benzene rings is 1. The number of amides is 1. The third kappa shape index (κ3) is 7.27. The molecule has 194 valence electrons. The lowest BCUT2D eigenvalue weighted by Crippen LogP contribution is -2.45. The molecule has 10 heteroatoms. The second-order valence-corrected chi connectivity index (χ2v) is 11.3. The molecule has 0 saturated heterocycles. The lowest BCUT2D eigenvalue weighted by molar-refractivity contribution is 0.0548. The molecule has 1 atom stereocenters. The largest absolute Gasteiger partial charge is 0.465 e. The molecule has 3 heterocycles. The van der Waals surface area contributed by atoms with Crippen LogP contribution in [0.1, 0.15) is 42.5 Å². The second-order valence-electron chi connectivity index (χ2n) is 8.33. The summed E-state index contributed by atoms with van der Waals surface area (Å²) in [5.41, 5.74) is 2.51. The summed E-state index contributed by atoms with van der Waals surface area (Å²) in [7, 11) is 1.35. The standard InChI is InChI=1S/C28H25N3O4S3/c1-35-27(33)25-8-7-24(38-25)10-13-31-28(34)37-16-14-30(31)12-9-23(32)18-21-4-2-3-20(17-21)5-6-22-11-15-36-26(22)19-29/h2-4,7-8,11,14-17,23,32H,9-10,12-13,18H2,1H3/t23-/m1/s1. The fraction of sp³-hybridized carbons (Fsp3) is 0.250. The fourth-order valence-corrected chi connectivity index (χ4v) is 6.01. The molecular formula is C28H25N3O4S3. The van der Waals surface area contributed by atoms with Crippen molar-refractivity contribution in [1.82, 2.24) is 10.0 Å². The number of carbonyl (C=O) groups is 2. The third-order valence-electron chi connectivity index (χ3n) is 5.74. The van der Waals surface area contributed by atoms with Crippen LogP contribution in [0.2, 0.25) is 0 Å². The number of ether oxygens (including phenoxy) is 1. The number of aliphatic hydroxyl groups is 1. The van der Waals surface area contributed by atoms with E-state index in [2.05, 4.69) is 17.9 Å². The fourth-order valence-electron chi connectivity index (χ4n) is 3.82. The number of hydrogen-bond donors (Lipinski definition) is 1. The highest BCUT2D eigenvalue weighted by Gasteiger charge is 2.23. The smallest absolute Gasteiger partial charge is 0.348 e. The number of hydrogen-bond acceptors (Lipinski definition) is 9. The van der Waals surface area contributed by atoms with E-state index in [1.165, 1.54) is 29.8 Å². The summed E-state index contributed by atoms with van der Waals surface area (Å²) in [6.07, 6.45) is 2.79. The number of rotatable bonds is 9. The van der Waals surface area contributed by atoms with Crippen LogP contribution >= 0.6 is 34.4 Å². The Morgan fingerprint density at radius 2 is 2.05 bits per heavy atom. The van der Waals surface area contributed by atoms with E-state index >= 15 is 0 Å². The van der Waals surface area contributed by atoms with Crippen molar-refractivity contribution in [3.63, 3.8) is 0 Å². The highest BCUT2D eigenvalue weighted by atomic mass is 32.2. The maximum Gasteiger partial charge on any atom is 0.348 e. The molecule has 0 aliphatic carbocycles. The Morgan fingerprint density at radius 3 is 2.87 bits per heavy atom. The summed E-state index contributed by atoms with van der Waals surface area (Å²) in [5.74, 6) is 5.79. The zero-order valence-corrected chi connectivity index (χ0v) is 23.1. The normalized spacial score (nSPS) is 13.6. The average Bonchev–Trinajstić information content (AvgIpc) is 3.59. The Morgan fingerprint density at radius 1 is 1.18 bits per heavy atom.